The molecule has 2 saturated carbocycles. The fourth-order valence-electron chi connectivity index (χ4n) is 5.42. The van der Waals surface area contributed by atoms with Gasteiger partial charge in [0, 0.05) is 31.0 Å². The van der Waals surface area contributed by atoms with Gasteiger partial charge in [-0.05, 0) is 24.3 Å². The molecule has 0 aliphatic heterocycles. The lowest BCUT2D eigenvalue weighted by atomic mass is 9.54. The SMILES string of the molecule is NC(=O)C1C(=O)C[C@@H]2C[C@@H]3Cc4ccc(CNCCF)c(O)c4C(=O)C3C(=O)[C@]2(O)C1=O. The van der Waals surface area contributed by atoms with E-state index < -0.39 is 65.0 Å². The van der Waals surface area contributed by atoms with Crippen molar-refractivity contribution in [3.05, 3.63) is 28.8 Å². The van der Waals surface area contributed by atoms with Crippen molar-refractivity contribution in [2.24, 2.45) is 29.4 Å². The number of fused-ring (bicyclic) bond motifs is 3. The molecule has 1 amide bonds. The summed E-state index contributed by atoms with van der Waals surface area (Å²) in [5.74, 6) is -10.3. The largest absolute Gasteiger partial charge is 0.507 e. The van der Waals surface area contributed by atoms with Gasteiger partial charge in [0.2, 0.25) is 5.91 Å². The maximum Gasteiger partial charge on any atom is 0.235 e. The van der Waals surface area contributed by atoms with Gasteiger partial charge >= 0.3 is 0 Å². The average Bonchev–Trinajstić information content (AvgIpc) is 2.72. The van der Waals surface area contributed by atoms with Gasteiger partial charge in [0.05, 0.1) is 11.5 Å². The van der Waals surface area contributed by atoms with Crippen molar-refractivity contribution >= 4 is 29.0 Å². The van der Waals surface area contributed by atoms with Crippen LogP contribution in [0, 0.1) is 23.7 Å². The summed E-state index contributed by atoms with van der Waals surface area (Å²) < 4.78 is 12.3. The topological polar surface area (TPSA) is 164 Å². The van der Waals surface area contributed by atoms with Crippen LogP contribution in [0.5, 0.6) is 5.75 Å². The predicted molar refractivity (Wildman–Crippen MR) is 106 cm³/mol. The first-order valence-electron chi connectivity index (χ1n) is 10.4. The number of carbonyl (C=O) groups is 5. The number of phenolic OH excluding ortho intramolecular Hbond substituents is 1. The third kappa shape index (κ3) is 3.08. The highest BCUT2D eigenvalue weighted by molar-refractivity contribution is 6.31. The van der Waals surface area contributed by atoms with Gasteiger partial charge in [-0.3, -0.25) is 24.0 Å². The van der Waals surface area contributed by atoms with Gasteiger partial charge in [-0.2, -0.15) is 0 Å². The summed E-state index contributed by atoms with van der Waals surface area (Å²) in [4.78, 5) is 63.4. The molecule has 32 heavy (non-hydrogen) atoms. The molecular weight excluding hydrogens is 423 g/mol. The number of primary amides is 1. The van der Waals surface area contributed by atoms with Crippen molar-refractivity contribution in [3.63, 3.8) is 0 Å². The van der Waals surface area contributed by atoms with E-state index in [-0.39, 0.29) is 43.7 Å². The standard InChI is InChI=1S/C22H23FN2O7/c23-3-4-25-8-10-2-1-9-5-11-6-12-7-13(26)16(21(24)31)20(30)22(12,32)19(29)15(11)18(28)14(9)17(10)27/h1-2,11-12,15-16,25,27,32H,3-8H2,(H2,24,31)/t11-,12-,15?,16?,22-/m0/s1. The summed E-state index contributed by atoms with van der Waals surface area (Å²) in [5, 5.41) is 24.6. The molecule has 0 bridgehead atoms. The van der Waals surface area contributed by atoms with E-state index in [0.29, 0.717) is 11.1 Å². The number of carbonyl (C=O) groups excluding carboxylic acids is 5. The van der Waals surface area contributed by atoms with Gasteiger partial charge in [0.15, 0.2) is 34.7 Å². The minimum absolute atomic E-state index is 0.0572. The first-order chi connectivity index (χ1) is 15.1. The van der Waals surface area contributed by atoms with E-state index in [1.807, 2.05) is 0 Å². The number of hydrogen-bond acceptors (Lipinski definition) is 8. The summed E-state index contributed by atoms with van der Waals surface area (Å²) in [6.07, 6.45) is -0.0741. The summed E-state index contributed by atoms with van der Waals surface area (Å²) in [7, 11) is 0. The molecule has 0 saturated heterocycles. The van der Waals surface area contributed by atoms with Crippen LogP contribution in [0.3, 0.4) is 0 Å². The molecule has 2 fully saturated rings. The second-order valence-corrected chi connectivity index (χ2v) is 8.71. The smallest absolute Gasteiger partial charge is 0.235 e. The van der Waals surface area contributed by atoms with Crippen LogP contribution in [-0.4, -0.2) is 58.1 Å². The number of phenols is 1. The van der Waals surface area contributed by atoms with Gasteiger partial charge in [0.25, 0.3) is 0 Å². The zero-order valence-electron chi connectivity index (χ0n) is 17.1. The monoisotopic (exact) mass is 446 g/mol. The van der Waals surface area contributed by atoms with E-state index in [2.05, 4.69) is 5.32 Å². The van der Waals surface area contributed by atoms with Crippen molar-refractivity contribution in [1.82, 2.24) is 5.32 Å². The van der Waals surface area contributed by atoms with E-state index in [1.165, 1.54) is 0 Å². The van der Waals surface area contributed by atoms with E-state index in [1.54, 1.807) is 12.1 Å². The van der Waals surface area contributed by atoms with E-state index >= 15 is 0 Å². The second kappa shape index (κ2) is 7.86. The van der Waals surface area contributed by atoms with Crippen molar-refractivity contribution in [2.45, 2.75) is 31.4 Å². The number of nitrogens with one attached hydrogen (secondary N) is 1. The van der Waals surface area contributed by atoms with Crippen LogP contribution >= 0.6 is 0 Å². The Bertz CT molecular complexity index is 1050. The number of nitrogens with two attached hydrogens (primary N) is 1. The lowest BCUT2D eigenvalue weighted by molar-refractivity contribution is -0.175. The molecule has 4 rings (SSSR count). The molecular formula is C22H23FN2O7. The number of Topliss-reactive ketones (excluding diaryl/α,β-unsaturated/α-hetero) is 4. The lowest BCUT2D eigenvalue weighted by Gasteiger charge is -2.48. The second-order valence-electron chi connectivity index (χ2n) is 8.71. The minimum Gasteiger partial charge on any atom is -0.507 e. The number of hydrogen-bond donors (Lipinski definition) is 4. The number of alkyl halides is 1. The molecule has 5 N–H and O–H groups in total. The van der Waals surface area contributed by atoms with Crippen molar-refractivity contribution in [3.8, 4) is 5.75 Å². The van der Waals surface area contributed by atoms with Gasteiger partial charge in [-0.15, -0.1) is 0 Å². The number of ketones is 4. The number of rotatable bonds is 5. The van der Waals surface area contributed by atoms with Crippen LogP contribution in [-0.2, 0) is 32.1 Å². The fraction of sp³-hybridized carbons (Fsp3) is 0.500. The Labute approximate surface area is 182 Å². The minimum atomic E-state index is -2.65. The molecule has 1 aromatic rings. The summed E-state index contributed by atoms with van der Waals surface area (Å²) in [6.45, 7) is -0.444. The molecule has 0 spiro atoms. The predicted octanol–water partition coefficient (Wildman–Crippen LogP) is -0.614. The van der Waals surface area contributed by atoms with Crippen LogP contribution in [0.1, 0.15) is 34.3 Å². The Morgan fingerprint density at radius 2 is 1.91 bits per heavy atom. The number of benzene rings is 1. The van der Waals surface area contributed by atoms with Crippen LogP contribution in [0.2, 0.25) is 0 Å². The number of aromatic hydroxyl groups is 1. The van der Waals surface area contributed by atoms with Crippen molar-refractivity contribution in [1.29, 1.82) is 0 Å². The average molecular weight is 446 g/mol. The molecule has 0 heterocycles. The highest BCUT2D eigenvalue weighted by atomic mass is 19.1. The van der Waals surface area contributed by atoms with Crippen LogP contribution in [0.25, 0.3) is 0 Å². The maximum atomic E-state index is 13.3. The number of halogens is 1. The maximum absolute atomic E-state index is 13.3. The highest BCUT2D eigenvalue weighted by Gasteiger charge is 2.66. The molecule has 1 aromatic carbocycles. The molecule has 0 aromatic heterocycles. The van der Waals surface area contributed by atoms with Crippen molar-refractivity contribution in [2.75, 3.05) is 13.2 Å². The lowest BCUT2D eigenvalue weighted by Crippen LogP contribution is -2.68. The number of aliphatic hydroxyl groups is 1. The molecule has 170 valence electrons. The summed E-state index contributed by atoms with van der Waals surface area (Å²) >= 11 is 0. The van der Waals surface area contributed by atoms with E-state index in [4.69, 9.17) is 5.73 Å². The number of amides is 1. The zero-order chi connectivity index (χ0) is 23.4. The molecule has 10 heteroatoms. The highest BCUT2D eigenvalue weighted by Crippen LogP contribution is 2.50. The molecule has 0 radical (unpaired) electrons. The summed E-state index contributed by atoms with van der Waals surface area (Å²) in [5.41, 5.74) is 3.30. The molecule has 9 nitrogen and oxygen atoms in total. The third-order valence-electron chi connectivity index (χ3n) is 6.95. The Morgan fingerprint density at radius 3 is 2.56 bits per heavy atom. The van der Waals surface area contributed by atoms with E-state index in [9.17, 15) is 38.6 Å². The van der Waals surface area contributed by atoms with Gasteiger partial charge in [-0.25, -0.2) is 4.39 Å². The van der Waals surface area contributed by atoms with Crippen LogP contribution in [0.4, 0.5) is 4.39 Å². The zero-order valence-corrected chi connectivity index (χ0v) is 17.1. The fourth-order valence-corrected chi connectivity index (χ4v) is 5.42. The molecule has 3 aliphatic carbocycles. The Hall–Kier alpha value is -2.98. The molecule has 2 unspecified atom stereocenters. The van der Waals surface area contributed by atoms with Gasteiger partial charge in [0.1, 0.15) is 12.4 Å². The quantitative estimate of drug-likeness (QED) is 0.344. The Kier molecular flexibility index (Phi) is 5.46. The normalized spacial score (nSPS) is 31.7. The van der Waals surface area contributed by atoms with Gasteiger partial charge in [-0.1, -0.05) is 12.1 Å². The first-order valence-corrected chi connectivity index (χ1v) is 10.4. The van der Waals surface area contributed by atoms with Crippen molar-refractivity contribution < 1.29 is 38.6 Å². The van der Waals surface area contributed by atoms with Crippen LogP contribution < -0.4 is 11.1 Å². The Morgan fingerprint density at radius 1 is 1.19 bits per heavy atom. The Balaban J connectivity index is 1.72. The third-order valence-corrected chi connectivity index (χ3v) is 6.95. The van der Waals surface area contributed by atoms with Crippen LogP contribution in [0.15, 0.2) is 12.1 Å². The summed E-state index contributed by atoms with van der Waals surface area (Å²) in [6, 6.07) is 3.26. The first kappa shape index (κ1) is 22.2. The molecule has 5 atom stereocenters. The van der Waals surface area contributed by atoms with E-state index in [0.717, 1.165) is 0 Å². The molecule has 3 aliphatic rings. The van der Waals surface area contributed by atoms with Gasteiger partial charge < -0.3 is 21.3 Å².